The van der Waals surface area contributed by atoms with Crippen LogP contribution in [0.4, 0.5) is 0 Å². The maximum atomic E-state index is 12.3. The SMILES string of the molecule is CCCCn1c(Cc2ccc(-c3ccccc3-c3nn[nH]n3)cc2)c(C(=O)O)c2ccccc21. The van der Waals surface area contributed by atoms with Gasteiger partial charge in [-0.05, 0) is 34.4 Å². The molecule has 3 aromatic carbocycles. The third kappa shape index (κ3) is 3.96. The highest BCUT2D eigenvalue weighted by Crippen LogP contribution is 2.32. The van der Waals surface area contributed by atoms with Crippen molar-refractivity contribution in [3.05, 3.63) is 89.6 Å². The van der Waals surface area contributed by atoms with Gasteiger partial charge in [0, 0.05) is 35.1 Å². The second kappa shape index (κ2) is 9.31. The van der Waals surface area contributed by atoms with Crippen LogP contribution >= 0.6 is 0 Å². The van der Waals surface area contributed by atoms with Crippen LogP contribution in [-0.2, 0) is 13.0 Å². The minimum atomic E-state index is -0.882. The van der Waals surface area contributed by atoms with Crippen LogP contribution in [0.5, 0.6) is 0 Å². The maximum absolute atomic E-state index is 12.3. The van der Waals surface area contributed by atoms with Crippen LogP contribution in [-0.4, -0.2) is 36.3 Å². The fourth-order valence-electron chi connectivity index (χ4n) is 4.55. The normalized spacial score (nSPS) is 11.2. The number of carboxylic acid groups (broad SMARTS) is 1. The third-order valence-electron chi connectivity index (χ3n) is 6.18. The Kier molecular flexibility index (Phi) is 5.91. The molecule has 0 bridgehead atoms. The molecule has 170 valence electrons. The zero-order valence-corrected chi connectivity index (χ0v) is 18.9. The molecule has 0 spiro atoms. The molecule has 2 heterocycles. The van der Waals surface area contributed by atoms with Crippen molar-refractivity contribution in [2.24, 2.45) is 0 Å². The van der Waals surface area contributed by atoms with Crippen molar-refractivity contribution in [2.45, 2.75) is 32.7 Å². The lowest BCUT2D eigenvalue weighted by Gasteiger charge is -2.12. The summed E-state index contributed by atoms with van der Waals surface area (Å²) in [6, 6.07) is 24.0. The zero-order chi connectivity index (χ0) is 23.5. The van der Waals surface area contributed by atoms with Gasteiger partial charge >= 0.3 is 5.97 Å². The minimum Gasteiger partial charge on any atom is -0.478 e. The Labute approximate surface area is 197 Å². The Hall–Kier alpha value is -4.26. The highest BCUT2D eigenvalue weighted by atomic mass is 16.4. The Bertz CT molecular complexity index is 1440. The van der Waals surface area contributed by atoms with Crippen molar-refractivity contribution in [3.8, 4) is 22.5 Å². The highest BCUT2D eigenvalue weighted by molar-refractivity contribution is 6.05. The van der Waals surface area contributed by atoms with Crippen molar-refractivity contribution >= 4 is 16.9 Å². The summed E-state index contributed by atoms with van der Waals surface area (Å²) in [6.07, 6.45) is 2.59. The predicted octanol–water partition coefficient (Wildman–Crippen LogP) is 5.58. The van der Waals surface area contributed by atoms with Gasteiger partial charge in [0.1, 0.15) is 0 Å². The van der Waals surface area contributed by atoms with Gasteiger partial charge in [-0.3, -0.25) is 0 Å². The molecule has 5 rings (SSSR count). The molecule has 0 aliphatic carbocycles. The van der Waals surface area contributed by atoms with Gasteiger partial charge in [-0.15, -0.1) is 10.2 Å². The summed E-state index contributed by atoms with van der Waals surface area (Å²) < 4.78 is 2.18. The molecule has 0 saturated heterocycles. The van der Waals surface area contributed by atoms with Gasteiger partial charge in [-0.2, -0.15) is 5.21 Å². The number of carboxylic acids is 1. The second-order valence-electron chi connectivity index (χ2n) is 8.30. The van der Waals surface area contributed by atoms with Crippen molar-refractivity contribution < 1.29 is 9.90 Å². The van der Waals surface area contributed by atoms with E-state index in [9.17, 15) is 9.90 Å². The summed E-state index contributed by atoms with van der Waals surface area (Å²) in [5.74, 6) is -0.335. The van der Waals surface area contributed by atoms with Gasteiger partial charge in [-0.25, -0.2) is 4.79 Å². The van der Waals surface area contributed by atoms with E-state index < -0.39 is 5.97 Å². The first kappa shape index (κ1) is 21.6. The highest BCUT2D eigenvalue weighted by Gasteiger charge is 2.22. The fraction of sp³-hybridized carbons (Fsp3) is 0.185. The van der Waals surface area contributed by atoms with E-state index in [0.717, 1.165) is 58.2 Å². The van der Waals surface area contributed by atoms with Crippen molar-refractivity contribution in [3.63, 3.8) is 0 Å². The third-order valence-corrected chi connectivity index (χ3v) is 6.18. The number of aromatic carboxylic acids is 1. The molecule has 2 N–H and O–H groups in total. The van der Waals surface area contributed by atoms with Crippen LogP contribution in [0.15, 0.2) is 72.8 Å². The summed E-state index contributed by atoms with van der Waals surface area (Å²) in [5.41, 5.74) is 6.24. The predicted molar refractivity (Wildman–Crippen MR) is 132 cm³/mol. The Morgan fingerprint density at radius 3 is 2.41 bits per heavy atom. The molecule has 0 aliphatic rings. The van der Waals surface area contributed by atoms with E-state index in [-0.39, 0.29) is 0 Å². The van der Waals surface area contributed by atoms with Gasteiger partial charge in [0.05, 0.1) is 5.56 Å². The van der Waals surface area contributed by atoms with Crippen LogP contribution in [0.3, 0.4) is 0 Å². The molecule has 0 unspecified atom stereocenters. The molecule has 0 fully saturated rings. The van der Waals surface area contributed by atoms with Crippen molar-refractivity contribution in [2.75, 3.05) is 0 Å². The summed E-state index contributed by atoms with van der Waals surface area (Å²) in [4.78, 5) is 12.3. The van der Waals surface area contributed by atoms with E-state index in [1.165, 1.54) is 0 Å². The van der Waals surface area contributed by atoms with Gasteiger partial charge in [-0.1, -0.05) is 80.1 Å². The van der Waals surface area contributed by atoms with Crippen molar-refractivity contribution in [1.29, 1.82) is 0 Å². The number of aromatic amines is 1. The summed E-state index contributed by atoms with van der Waals surface area (Å²) in [6.45, 7) is 2.95. The van der Waals surface area contributed by atoms with Crippen LogP contribution in [0.2, 0.25) is 0 Å². The monoisotopic (exact) mass is 451 g/mol. The molecule has 0 amide bonds. The molecule has 7 nitrogen and oxygen atoms in total. The summed E-state index contributed by atoms with van der Waals surface area (Å²) in [7, 11) is 0. The van der Waals surface area contributed by atoms with Gasteiger partial charge in [0.25, 0.3) is 0 Å². The number of fused-ring (bicyclic) bond motifs is 1. The molecule has 34 heavy (non-hydrogen) atoms. The average molecular weight is 452 g/mol. The number of hydrogen-bond donors (Lipinski definition) is 2. The molecule has 0 aliphatic heterocycles. The number of tetrazole rings is 1. The van der Waals surface area contributed by atoms with E-state index in [1.807, 2.05) is 48.5 Å². The Balaban J connectivity index is 1.53. The number of rotatable bonds is 8. The topological polar surface area (TPSA) is 96.7 Å². The smallest absolute Gasteiger partial charge is 0.338 e. The lowest BCUT2D eigenvalue weighted by atomic mass is 9.97. The minimum absolute atomic E-state index is 0.401. The lowest BCUT2D eigenvalue weighted by molar-refractivity contribution is 0.0697. The number of para-hydroxylation sites is 1. The second-order valence-corrected chi connectivity index (χ2v) is 8.30. The van der Waals surface area contributed by atoms with Crippen LogP contribution < -0.4 is 0 Å². The Morgan fingerprint density at radius 1 is 0.971 bits per heavy atom. The van der Waals surface area contributed by atoms with Gasteiger partial charge < -0.3 is 9.67 Å². The summed E-state index contributed by atoms with van der Waals surface area (Å²) in [5, 5.41) is 25.3. The van der Waals surface area contributed by atoms with E-state index >= 15 is 0 Å². The number of aryl methyl sites for hydroxylation is 1. The number of unbranched alkanes of at least 4 members (excludes halogenated alkanes) is 1. The van der Waals surface area contributed by atoms with Crippen LogP contribution in [0, 0.1) is 0 Å². The first-order valence-corrected chi connectivity index (χ1v) is 11.4. The molecule has 5 aromatic rings. The number of benzene rings is 3. The summed E-state index contributed by atoms with van der Waals surface area (Å²) >= 11 is 0. The van der Waals surface area contributed by atoms with E-state index in [4.69, 9.17) is 0 Å². The average Bonchev–Trinajstić information content (AvgIpc) is 3.50. The number of nitrogens with one attached hydrogen (secondary N) is 1. The van der Waals surface area contributed by atoms with Crippen LogP contribution in [0.1, 0.15) is 41.4 Å². The lowest BCUT2D eigenvalue weighted by Crippen LogP contribution is -2.08. The number of carbonyl (C=O) groups is 1. The molecular weight excluding hydrogens is 426 g/mol. The first-order valence-electron chi connectivity index (χ1n) is 11.4. The fourth-order valence-corrected chi connectivity index (χ4v) is 4.55. The van der Waals surface area contributed by atoms with Crippen LogP contribution in [0.25, 0.3) is 33.4 Å². The quantitative estimate of drug-likeness (QED) is 0.321. The van der Waals surface area contributed by atoms with Gasteiger partial charge in [0.2, 0.25) is 5.82 Å². The maximum Gasteiger partial charge on any atom is 0.338 e. The van der Waals surface area contributed by atoms with E-state index in [0.29, 0.717) is 17.8 Å². The van der Waals surface area contributed by atoms with E-state index in [1.54, 1.807) is 0 Å². The molecule has 0 saturated carbocycles. The molecule has 2 aromatic heterocycles. The molecule has 0 radical (unpaired) electrons. The standard InChI is InChI=1S/C27H25N5O2/c1-2-3-16-32-23-11-7-6-10-22(23)25(27(33)34)24(32)17-18-12-14-19(15-13-18)20-8-4-5-9-21(20)26-28-30-31-29-26/h4-15H,2-3,16-17H2,1H3,(H,33,34)(H,28,29,30,31). The molecule has 0 atom stereocenters. The molecule has 7 heteroatoms. The Morgan fingerprint density at radius 2 is 1.71 bits per heavy atom. The zero-order valence-electron chi connectivity index (χ0n) is 18.9. The van der Waals surface area contributed by atoms with Gasteiger partial charge in [0.15, 0.2) is 0 Å². The van der Waals surface area contributed by atoms with E-state index in [2.05, 4.69) is 56.4 Å². The number of nitrogens with zero attached hydrogens (tertiary/aromatic N) is 4. The number of hydrogen-bond acceptors (Lipinski definition) is 4. The largest absolute Gasteiger partial charge is 0.478 e. The number of H-pyrrole nitrogens is 1. The molecular formula is C27H25N5O2. The number of aromatic nitrogens is 5. The first-order chi connectivity index (χ1) is 16.7. The van der Waals surface area contributed by atoms with Crippen molar-refractivity contribution in [1.82, 2.24) is 25.2 Å².